The summed E-state index contributed by atoms with van der Waals surface area (Å²) in [6.07, 6.45) is 0.314. The molecule has 1 aromatic carbocycles. The number of amides is 1. The van der Waals surface area contributed by atoms with Gasteiger partial charge in [-0.3, -0.25) is 4.79 Å². The van der Waals surface area contributed by atoms with E-state index in [4.69, 9.17) is 21.1 Å². The maximum atomic E-state index is 12.3. The van der Waals surface area contributed by atoms with Crippen molar-refractivity contribution in [2.45, 2.75) is 25.0 Å². The maximum absolute atomic E-state index is 12.3. The number of carbonyl (C=O) groups is 2. The first-order valence-corrected chi connectivity index (χ1v) is 6.76. The summed E-state index contributed by atoms with van der Waals surface area (Å²) in [5.74, 6) is -0.796. The van der Waals surface area contributed by atoms with E-state index < -0.39 is 11.6 Å². The Labute approximate surface area is 121 Å². The molecule has 5 nitrogen and oxygen atoms in total. The standard InChI is InChI=1S/C14H14ClNO4/c1-14(13(18)16-10-6-19-7-10)5-8-4-9(15)2-3-11(8)12(17)20-14/h2-4,10H,5-7H2,1H3,(H,16,18). The van der Waals surface area contributed by atoms with Crippen LogP contribution in [0.3, 0.4) is 0 Å². The Morgan fingerprint density at radius 2 is 2.20 bits per heavy atom. The van der Waals surface area contributed by atoms with E-state index in [0.717, 1.165) is 5.56 Å². The molecule has 0 spiro atoms. The molecular weight excluding hydrogens is 282 g/mol. The van der Waals surface area contributed by atoms with Crippen LogP contribution in [0.25, 0.3) is 0 Å². The van der Waals surface area contributed by atoms with Gasteiger partial charge >= 0.3 is 5.97 Å². The molecular formula is C14H14ClNO4. The number of rotatable bonds is 2. The van der Waals surface area contributed by atoms with Crippen molar-refractivity contribution in [1.29, 1.82) is 0 Å². The van der Waals surface area contributed by atoms with Crippen molar-refractivity contribution < 1.29 is 19.1 Å². The summed E-state index contributed by atoms with van der Waals surface area (Å²) in [6, 6.07) is 4.96. The lowest BCUT2D eigenvalue weighted by atomic mass is 9.89. The summed E-state index contributed by atoms with van der Waals surface area (Å²) in [4.78, 5) is 24.3. The molecule has 1 amide bonds. The number of halogens is 1. The monoisotopic (exact) mass is 295 g/mol. The van der Waals surface area contributed by atoms with Gasteiger partial charge in [0.1, 0.15) is 0 Å². The molecule has 6 heteroatoms. The van der Waals surface area contributed by atoms with Gasteiger partial charge in [0.05, 0.1) is 24.8 Å². The minimum atomic E-state index is -1.20. The number of cyclic esters (lactones) is 1. The van der Waals surface area contributed by atoms with E-state index in [1.54, 1.807) is 25.1 Å². The first-order valence-electron chi connectivity index (χ1n) is 6.38. The fourth-order valence-corrected chi connectivity index (χ4v) is 2.55. The summed E-state index contributed by atoms with van der Waals surface area (Å²) in [7, 11) is 0. The topological polar surface area (TPSA) is 64.6 Å². The molecule has 20 heavy (non-hydrogen) atoms. The highest BCUT2D eigenvalue weighted by atomic mass is 35.5. The van der Waals surface area contributed by atoms with Crippen molar-refractivity contribution in [3.8, 4) is 0 Å². The molecule has 1 N–H and O–H groups in total. The number of esters is 1. The zero-order chi connectivity index (χ0) is 14.3. The molecule has 1 fully saturated rings. The van der Waals surface area contributed by atoms with Gasteiger partial charge in [-0.05, 0) is 30.7 Å². The van der Waals surface area contributed by atoms with E-state index in [9.17, 15) is 9.59 Å². The SMILES string of the molecule is CC1(C(=O)NC2COC2)Cc2cc(Cl)ccc2C(=O)O1. The highest BCUT2D eigenvalue weighted by Gasteiger charge is 2.43. The molecule has 1 saturated heterocycles. The van der Waals surface area contributed by atoms with Crippen molar-refractivity contribution in [2.75, 3.05) is 13.2 Å². The van der Waals surface area contributed by atoms with Crippen LogP contribution in [0.1, 0.15) is 22.8 Å². The summed E-state index contributed by atoms with van der Waals surface area (Å²) >= 11 is 5.94. The van der Waals surface area contributed by atoms with Crippen LogP contribution in [0.4, 0.5) is 0 Å². The average molecular weight is 296 g/mol. The molecule has 3 rings (SSSR count). The van der Waals surface area contributed by atoms with Gasteiger partial charge in [-0.1, -0.05) is 11.6 Å². The lowest BCUT2D eigenvalue weighted by Crippen LogP contribution is -2.58. The molecule has 2 aliphatic rings. The van der Waals surface area contributed by atoms with Gasteiger partial charge in [0.25, 0.3) is 5.91 Å². The number of hydrogen-bond acceptors (Lipinski definition) is 4. The third-order valence-electron chi connectivity index (χ3n) is 3.59. The third-order valence-corrected chi connectivity index (χ3v) is 3.82. The van der Waals surface area contributed by atoms with Crippen molar-refractivity contribution in [2.24, 2.45) is 0 Å². The second-order valence-electron chi connectivity index (χ2n) is 5.31. The van der Waals surface area contributed by atoms with E-state index in [1.165, 1.54) is 0 Å². The van der Waals surface area contributed by atoms with E-state index >= 15 is 0 Å². The average Bonchev–Trinajstić information content (AvgIpc) is 2.32. The van der Waals surface area contributed by atoms with Crippen LogP contribution in [0.15, 0.2) is 18.2 Å². The Kier molecular flexibility index (Phi) is 3.18. The minimum absolute atomic E-state index is 0.00112. The Bertz CT molecular complexity index is 585. The van der Waals surface area contributed by atoms with Gasteiger partial charge < -0.3 is 14.8 Å². The summed E-state index contributed by atoms with van der Waals surface area (Å²) in [6.45, 7) is 2.61. The van der Waals surface area contributed by atoms with Crippen LogP contribution in [-0.2, 0) is 20.7 Å². The number of fused-ring (bicyclic) bond motifs is 1. The third kappa shape index (κ3) is 2.27. The minimum Gasteiger partial charge on any atom is -0.445 e. The molecule has 0 bridgehead atoms. The largest absolute Gasteiger partial charge is 0.445 e. The van der Waals surface area contributed by atoms with E-state index in [1.807, 2.05) is 0 Å². The highest BCUT2D eigenvalue weighted by Crippen LogP contribution is 2.30. The molecule has 0 aromatic heterocycles. The van der Waals surface area contributed by atoms with Crippen LogP contribution in [0.5, 0.6) is 0 Å². The van der Waals surface area contributed by atoms with Crippen molar-refractivity contribution in [3.05, 3.63) is 34.3 Å². The van der Waals surface area contributed by atoms with Gasteiger partial charge in [-0.2, -0.15) is 0 Å². The maximum Gasteiger partial charge on any atom is 0.339 e. The number of carbonyl (C=O) groups excluding carboxylic acids is 2. The molecule has 1 unspecified atom stereocenters. The quantitative estimate of drug-likeness (QED) is 0.836. The molecule has 106 valence electrons. The second-order valence-corrected chi connectivity index (χ2v) is 5.74. The molecule has 0 aliphatic carbocycles. The summed E-state index contributed by atoms with van der Waals surface area (Å²) < 4.78 is 10.3. The van der Waals surface area contributed by atoms with Gasteiger partial charge in [0.2, 0.25) is 0 Å². The van der Waals surface area contributed by atoms with Crippen LogP contribution in [0, 0.1) is 0 Å². The number of ether oxygens (including phenoxy) is 2. The van der Waals surface area contributed by atoms with Crippen LogP contribution in [-0.4, -0.2) is 36.7 Å². The predicted octanol–water partition coefficient (Wildman–Crippen LogP) is 1.33. The first-order chi connectivity index (χ1) is 9.48. The molecule has 2 aliphatic heterocycles. The molecule has 0 radical (unpaired) electrons. The van der Waals surface area contributed by atoms with Crippen molar-refractivity contribution >= 4 is 23.5 Å². The van der Waals surface area contributed by atoms with E-state index in [2.05, 4.69) is 5.32 Å². The zero-order valence-corrected chi connectivity index (χ0v) is 11.7. The van der Waals surface area contributed by atoms with Crippen molar-refractivity contribution in [1.82, 2.24) is 5.32 Å². The number of benzene rings is 1. The van der Waals surface area contributed by atoms with E-state index in [-0.39, 0.29) is 11.9 Å². The predicted molar refractivity (Wildman–Crippen MR) is 71.7 cm³/mol. The second kappa shape index (κ2) is 4.75. The van der Waals surface area contributed by atoms with Crippen molar-refractivity contribution in [3.63, 3.8) is 0 Å². The molecule has 1 aromatic rings. The van der Waals surface area contributed by atoms with Gasteiger partial charge in [-0.25, -0.2) is 4.79 Å². The smallest absolute Gasteiger partial charge is 0.339 e. The van der Waals surface area contributed by atoms with Gasteiger partial charge in [0, 0.05) is 11.4 Å². The lowest BCUT2D eigenvalue weighted by Gasteiger charge is -2.36. The Morgan fingerprint density at radius 3 is 2.85 bits per heavy atom. The summed E-state index contributed by atoms with van der Waals surface area (Å²) in [5, 5.41) is 3.35. The Morgan fingerprint density at radius 1 is 1.45 bits per heavy atom. The number of hydrogen-bond donors (Lipinski definition) is 1. The fourth-order valence-electron chi connectivity index (χ4n) is 2.35. The van der Waals surface area contributed by atoms with Crippen LogP contribution >= 0.6 is 11.6 Å². The molecule has 2 heterocycles. The van der Waals surface area contributed by atoms with Gasteiger partial charge in [0.15, 0.2) is 5.60 Å². The van der Waals surface area contributed by atoms with E-state index in [0.29, 0.717) is 30.2 Å². The zero-order valence-electron chi connectivity index (χ0n) is 10.9. The highest BCUT2D eigenvalue weighted by molar-refractivity contribution is 6.30. The normalized spacial score (nSPS) is 25.4. The molecule has 0 saturated carbocycles. The Balaban J connectivity index is 1.84. The van der Waals surface area contributed by atoms with Crippen LogP contribution in [0.2, 0.25) is 5.02 Å². The van der Waals surface area contributed by atoms with Gasteiger partial charge in [-0.15, -0.1) is 0 Å². The fraction of sp³-hybridized carbons (Fsp3) is 0.429. The number of nitrogens with one attached hydrogen (secondary N) is 1. The first kappa shape index (κ1) is 13.4. The summed E-state index contributed by atoms with van der Waals surface area (Å²) in [5.41, 5.74) is -0.00687. The molecule has 1 atom stereocenters. The van der Waals surface area contributed by atoms with Crippen LogP contribution < -0.4 is 5.32 Å². The lowest BCUT2D eigenvalue weighted by molar-refractivity contribution is -0.143. The Hall–Kier alpha value is -1.59.